The average Bonchev–Trinajstić information content (AvgIpc) is 1.62. The average molecular weight is 2080 g/mol. The van der Waals surface area contributed by atoms with Gasteiger partial charge in [-0.2, -0.15) is 0 Å². The normalized spacial score (nSPS) is 16.0. The summed E-state index contributed by atoms with van der Waals surface area (Å²) in [5, 5.41) is 20.1. The molecular weight excluding hydrogens is 1920 g/mol. The van der Waals surface area contributed by atoms with Crippen LogP contribution in [0, 0.1) is 30.6 Å². The summed E-state index contributed by atoms with van der Waals surface area (Å²) in [6.45, 7) is 30.6. The topological polar surface area (TPSA) is 336 Å². The van der Waals surface area contributed by atoms with E-state index < -0.39 is 40.9 Å². The molecule has 3 amide bonds. The zero-order valence-electron chi connectivity index (χ0n) is 87.7. The summed E-state index contributed by atoms with van der Waals surface area (Å²) in [4.78, 5) is 132. The molecule has 11 aromatic rings. The van der Waals surface area contributed by atoms with Crippen LogP contribution in [0.2, 0.25) is 0 Å². The maximum Gasteiger partial charge on any atom is 0.326 e. The van der Waals surface area contributed by atoms with Crippen LogP contribution in [0.3, 0.4) is 0 Å². The van der Waals surface area contributed by atoms with Crippen LogP contribution in [0.4, 0.5) is 0 Å². The molecule has 3 saturated heterocycles. The number of methoxy groups -OCH3 is 3. The molecule has 795 valence electrons. The number of benzene rings is 10. The molecule has 3 aliphatic heterocycles. The first-order valence-corrected chi connectivity index (χ1v) is 50.7. The van der Waals surface area contributed by atoms with E-state index in [-0.39, 0.29) is 101 Å². The number of pyridine rings is 1. The lowest BCUT2D eigenvalue weighted by Gasteiger charge is -2.30. The highest BCUT2D eigenvalue weighted by Gasteiger charge is 2.49. The van der Waals surface area contributed by atoms with Crippen LogP contribution < -0.4 is 29.5 Å². The van der Waals surface area contributed by atoms with Crippen molar-refractivity contribution in [2.45, 2.75) is 233 Å². The van der Waals surface area contributed by atoms with E-state index >= 15 is 0 Å². The van der Waals surface area contributed by atoms with Gasteiger partial charge in [-0.15, -0.1) is 18.2 Å². The monoisotopic (exact) mass is 2070 g/mol. The van der Waals surface area contributed by atoms with Gasteiger partial charge in [-0.05, 0) is 243 Å². The fourth-order valence-electron chi connectivity index (χ4n) is 17.4. The second-order valence-corrected chi connectivity index (χ2v) is 39.0. The van der Waals surface area contributed by atoms with Gasteiger partial charge in [0.15, 0.2) is 11.6 Å². The molecule has 28 heteroatoms. The number of nitrogens with two attached hydrogens (primary N) is 1. The van der Waals surface area contributed by atoms with Crippen molar-refractivity contribution in [1.82, 2.24) is 24.5 Å². The van der Waals surface area contributed by atoms with E-state index in [0.717, 1.165) is 96.6 Å². The number of nitrogens with one attached hydrogen (secondary N) is 1. The van der Waals surface area contributed by atoms with Gasteiger partial charge in [0.25, 0.3) is 0 Å². The first kappa shape index (κ1) is 124. The number of hydrogen-bond acceptors (Lipinski definition) is 21. The molecule has 3 fully saturated rings. The minimum absolute atomic E-state index is 0. The van der Waals surface area contributed by atoms with Crippen LogP contribution in [0.1, 0.15) is 222 Å². The summed E-state index contributed by atoms with van der Waals surface area (Å²) >= 11 is 11.2. The van der Waals surface area contributed by atoms with Crippen molar-refractivity contribution in [2.24, 2.45) is 29.4 Å². The van der Waals surface area contributed by atoms with Crippen molar-refractivity contribution in [2.75, 3.05) is 41.0 Å². The number of aromatic hydroxyl groups is 1. The zero-order chi connectivity index (χ0) is 107. The molecule has 1 aromatic heterocycles. The van der Waals surface area contributed by atoms with Crippen LogP contribution in [-0.4, -0.2) is 163 Å². The minimum Gasteiger partial charge on any atom is -0.508 e. The van der Waals surface area contributed by atoms with Crippen molar-refractivity contribution in [3.63, 3.8) is 0 Å². The maximum atomic E-state index is 13.3. The van der Waals surface area contributed by atoms with Gasteiger partial charge >= 0.3 is 23.9 Å². The number of fused-ring (bicyclic) bond motifs is 1. The lowest BCUT2D eigenvalue weighted by atomic mass is 9.81. The summed E-state index contributed by atoms with van der Waals surface area (Å²) < 4.78 is 37.2. The number of likely N-dealkylation sites (tertiary alicyclic amines) is 3. The van der Waals surface area contributed by atoms with E-state index in [1.165, 1.54) is 45.3 Å². The number of hydrogen-bond donors (Lipinski definition) is 4. The molecule has 9 atom stereocenters. The number of phenolic OH excluding ortho intramolecular Hbond substituents is 1. The summed E-state index contributed by atoms with van der Waals surface area (Å²) in [6, 6.07) is 84.5. The number of aromatic nitrogens is 1. The number of halogens is 2. The summed E-state index contributed by atoms with van der Waals surface area (Å²) in [7, 11) is 4.07. The number of aldehydes is 1. The third-order valence-corrected chi connectivity index (χ3v) is 26.0. The van der Waals surface area contributed by atoms with E-state index in [1.54, 1.807) is 59.2 Å². The first-order valence-electron chi connectivity index (χ1n) is 49.8. The van der Waals surface area contributed by atoms with E-state index in [4.69, 9.17) is 57.5 Å². The van der Waals surface area contributed by atoms with E-state index in [2.05, 4.69) is 41.0 Å². The molecule has 10 aromatic carbocycles. The quantitative estimate of drug-likeness (QED) is 0.00527. The highest BCUT2D eigenvalue weighted by Crippen LogP contribution is 2.40. The van der Waals surface area contributed by atoms with Crippen LogP contribution in [-0.2, 0) is 105 Å². The van der Waals surface area contributed by atoms with Crippen molar-refractivity contribution in [3.8, 4) is 28.7 Å². The van der Waals surface area contributed by atoms with Gasteiger partial charge in [0.1, 0.15) is 79.1 Å². The Balaban J connectivity index is 0.000000312. The summed E-state index contributed by atoms with van der Waals surface area (Å²) in [5.74, 6) is 1.78. The molecule has 3 radical (unpaired) electrons. The number of allylic oxidation sites excluding steroid dienone is 1. The number of carboxylic acid groups (broad SMARTS) is 1. The first-order chi connectivity index (χ1) is 70.4. The standard InChI is InChI=1S/C25H31NO3.C23H27NO4.C19H20O3.C18H18O4.C17H24N2O3.C11H10ClN.C7H14ClNO2.CH4.B.H2/c1-18(2)16-23(19(3)27)26-15-14-25(4,24(26)28)21-10-12-22(13-11-21)29-17-20-8-6-5-7-9-20;1-16(2)14-21(23(26)27)24-13-12-20(22(24)25)18-8-10-19(11-9-18)28-15-17-6-4-3-5-7-17;1-3-7-18(19(20)21-2)16-10-12-17(13-11-16)22-14-15-8-5-4-6-9-15;1-21-18(20)17(11-12-19)15-7-9-16(10-8-15)22-13-14-5-3-2-4-6-14;1-11(2)10-15(12(3)20)19-9-8-17(18,16(19)22)13-4-6-14(21)7-5-13;1-8-6-9(7-12)10-4-2-3-5-11(10)13-8;1-5(2)4-6(9-8)7(10)11-3;;;/h5-13,18,23H,14-17H2,1-4H3;3-11,16,20-21H,12-15H2,1-2H3,(H,26,27);3-6,8-13,18H,1,7,14H2,2H3;2-10,12,17H,11,13H2,1H3;4-7,11,15,21H,8-10,18H2,1-3H3;2-6H,7H2,1H3;5-6,9H,4H2,1-3H3;1H4;;1H/t23-,25+;20?,21-;;;15-,17-;;6-;;;/m11..1.1.../s1/i;;;;;;;;;1+1. The van der Waals surface area contributed by atoms with Gasteiger partial charge in [0, 0.05) is 52.9 Å². The number of carbonyl (C=O) groups excluding carboxylic acids is 9. The number of alkyl halides is 1. The number of phenols is 1. The second kappa shape index (κ2) is 63.1. The number of ether oxygens (including phenoxy) is 7. The van der Waals surface area contributed by atoms with Gasteiger partial charge in [-0.1, -0.05) is 269 Å². The number of esters is 3. The Morgan fingerprint density at radius 3 is 1.26 bits per heavy atom. The number of nitrogens with zero attached hydrogens (tertiary/aromatic N) is 4. The molecule has 25 nitrogen and oxygen atoms in total. The molecule has 0 spiro atoms. The molecule has 0 aliphatic carbocycles. The number of carbonyl (C=O) groups is 10. The fraction of sp³-hybridized carbons (Fsp3) is 0.380. The predicted octanol–water partition coefficient (Wildman–Crippen LogP) is 22.9. The summed E-state index contributed by atoms with van der Waals surface area (Å²) in [6.07, 6.45) is 7.46. The van der Waals surface area contributed by atoms with Crippen LogP contribution in [0.5, 0.6) is 28.7 Å². The SMILES string of the molecule is C.C=CCC(C(=O)OC)c1ccc(OCc2ccccc2)cc1.CC(=O)[C@@H](CC(C)C)N1CC[C@@](C)(c2ccc(OCc3ccccc3)cc2)C1=O.CC(=O)[C@@H](CC(C)C)N1CC[C@@](N)(c2ccc(O)cc2)C1=O.CC(C)C[C@H](C(=O)O)N1CCC(c2ccc(OCc3ccccc3)cc2)C1=O.COC(=O)C(CC=O)c1ccc(OCc2ccccc2)cc1.COC(=O)[C@@H](CC(C)C)NCl.Cc1cc(CCl)c2ccccc2n1.[2HH].[B]. The highest BCUT2D eigenvalue weighted by molar-refractivity contribution is 6.18. The molecule has 0 saturated carbocycles. The number of aliphatic carboxylic acids is 1. The molecule has 149 heavy (non-hydrogen) atoms. The van der Waals surface area contributed by atoms with Gasteiger partial charge in [-0.25, -0.2) is 9.63 Å². The Morgan fingerprint density at radius 2 is 0.879 bits per heavy atom. The smallest absolute Gasteiger partial charge is 0.326 e. The Bertz CT molecular complexity index is 5870. The van der Waals surface area contributed by atoms with Crippen molar-refractivity contribution < 1.29 is 92.7 Å². The molecular formula is C121H150BCl2N6O19. The zero-order valence-corrected chi connectivity index (χ0v) is 89.3. The van der Waals surface area contributed by atoms with Crippen molar-refractivity contribution in [3.05, 3.63) is 347 Å². The molecule has 3 aliphatic rings. The fourth-order valence-corrected chi connectivity index (χ4v) is 17.8. The third kappa shape index (κ3) is 38.1. The Labute approximate surface area is 893 Å². The number of carboxylic acids is 1. The van der Waals surface area contributed by atoms with Gasteiger partial charge in [-0.3, -0.25) is 43.3 Å². The number of rotatable bonds is 40. The van der Waals surface area contributed by atoms with Gasteiger partial charge < -0.3 is 68.6 Å². The van der Waals surface area contributed by atoms with Crippen molar-refractivity contribution >= 4 is 102 Å². The molecule has 5 N–H and O–H groups in total. The minimum atomic E-state index is -1.11. The number of Topliss-reactive ketones (excluding diaryl/α,β-unsaturated/α-hetero) is 2. The molecule has 14 rings (SSSR count). The number of aryl methyl sites for hydroxylation is 1. The number of ketones is 2. The number of para-hydroxylation sites is 1. The molecule has 0 bridgehead atoms. The van der Waals surface area contributed by atoms with Gasteiger partial charge in [0.2, 0.25) is 17.7 Å². The maximum absolute atomic E-state index is 13.3. The van der Waals surface area contributed by atoms with E-state index in [1.807, 2.05) is 274 Å². The Kier molecular flexibility index (Phi) is 52.5. The van der Waals surface area contributed by atoms with Crippen LogP contribution >= 0.6 is 23.4 Å². The van der Waals surface area contributed by atoms with Gasteiger partial charge in [0.05, 0.1) is 62.1 Å². The highest BCUT2D eigenvalue weighted by atomic mass is 35.5. The van der Waals surface area contributed by atoms with E-state index in [0.29, 0.717) is 126 Å². The largest absolute Gasteiger partial charge is 0.508 e. The van der Waals surface area contributed by atoms with Crippen molar-refractivity contribution in [1.29, 1.82) is 0 Å². The Hall–Kier alpha value is -13.8. The second-order valence-electron chi connectivity index (χ2n) is 38.5. The van der Waals surface area contributed by atoms with E-state index in [9.17, 15) is 58.2 Å². The predicted molar refractivity (Wildman–Crippen MR) is 591 cm³/mol. The van der Waals surface area contributed by atoms with Crippen LogP contribution in [0.15, 0.2) is 286 Å². The molecule has 4 heterocycles. The van der Waals surface area contributed by atoms with Crippen LogP contribution in [0.25, 0.3) is 10.9 Å². The lowest BCUT2D eigenvalue weighted by molar-refractivity contribution is -0.149. The third-order valence-electron chi connectivity index (χ3n) is 25.5. The summed E-state index contributed by atoms with van der Waals surface area (Å²) in [5.41, 5.74) is 16.5. The number of amides is 3. The lowest BCUT2D eigenvalue weighted by Crippen LogP contribution is -2.49. The Morgan fingerprint density at radius 1 is 0.503 bits per heavy atom. The molecule has 3 unspecified atom stereocenters.